The Balaban J connectivity index is 1.98. The molecule has 3 nitrogen and oxygen atoms in total. The van der Waals surface area contributed by atoms with Crippen LogP contribution in [0, 0.1) is 0 Å². The average Bonchev–Trinajstić information content (AvgIpc) is 2.78. The Morgan fingerprint density at radius 3 is 2.88 bits per heavy atom. The Morgan fingerprint density at radius 2 is 2.19 bits per heavy atom. The summed E-state index contributed by atoms with van der Waals surface area (Å²) in [7, 11) is 0. The van der Waals surface area contributed by atoms with Gasteiger partial charge >= 0.3 is 0 Å². The van der Waals surface area contributed by atoms with Crippen LogP contribution in [-0.2, 0) is 6.54 Å². The zero-order chi connectivity index (χ0) is 11.4. The Bertz CT molecular complexity index is 480. The second-order valence-electron chi connectivity index (χ2n) is 3.39. The number of hydrogen-bond donors (Lipinski definition) is 2. The van der Waals surface area contributed by atoms with E-state index in [2.05, 4.69) is 26.2 Å². The summed E-state index contributed by atoms with van der Waals surface area (Å²) >= 11 is 3.33. The first kappa shape index (κ1) is 11.0. The first-order valence-electron chi connectivity index (χ1n) is 4.92. The van der Waals surface area contributed by atoms with Crippen molar-refractivity contribution < 1.29 is 4.79 Å². The van der Waals surface area contributed by atoms with E-state index in [0.29, 0.717) is 12.1 Å². The van der Waals surface area contributed by atoms with Crippen LogP contribution in [0.25, 0.3) is 0 Å². The molecule has 1 heterocycles. The summed E-state index contributed by atoms with van der Waals surface area (Å²) in [5.41, 5.74) is 1.64. The number of benzene rings is 1. The summed E-state index contributed by atoms with van der Waals surface area (Å²) in [5, 5.41) is 2.84. The van der Waals surface area contributed by atoms with Gasteiger partial charge in [0, 0.05) is 21.9 Å². The highest BCUT2D eigenvalue weighted by Gasteiger charge is 2.05. The number of aromatic amines is 1. The first-order valence-corrected chi connectivity index (χ1v) is 5.71. The fourth-order valence-electron chi connectivity index (χ4n) is 1.38. The minimum absolute atomic E-state index is 0.0732. The first-order chi connectivity index (χ1) is 7.75. The van der Waals surface area contributed by atoms with Crippen molar-refractivity contribution in [1.82, 2.24) is 10.3 Å². The molecule has 0 unspecified atom stereocenters. The van der Waals surface area contributed by atoms with Crippen molar-refractivity contribution in [2.24, 2.45) is 0 Å². The Kier molecular flexibility index (Phi) is 3.41. The van der Waals surface area contributed by atoms with Gasteiger partial charge in [0.25, 0.3) is 5.91 Å². The minimum Gasteiger partial charge on any atom is -0.364 e. The lowest BCUT2D eigenvalue weighted by Gasteiger charge is -2.04. The second kappa shape index (κ2) is 4.99. The highest BCUT2D eigenvalue weighted by molar-refractivity contribution is 9.10. The Labute approximate surface area is 102 Å². The molecule has 2 N–H and O–H groups in total. The molecular formula is C12H11BrN2O. The smallest absolute Gasteiger partial charge is 0.251 e. The molecule has 1 aromatic carbocycles. The topological polar surface area (TPSA) is 44.9 Å². The molecule has 2 rings (SSSR count). The van der Waals surface area contributed by atoms with Crippen molar-refractivity contribution in [1.29, 1.82) is 0 Å². The molecular weight excluding hydrogens is 268 g/mol. The number of rotatable bonds is 3. The molecule has 0 atom stereocenters. The van der Waals surface area contributed by atoms with Crippen LogP contribution in [0.5, 0.6) is 0 Å². The van der Waals surface area contributed by atoms with Gasteiger partial charge in [0.05, 0.1) is 6.54 Å². The lowest BCUT2D eigenvalue weighted by molar-refractivity contribution is 0.0950. The van der Waals surface area contributed by atoms with Crippen LogP contribution in [0.2, 0.25) is 0 Å². The third-order valence-electron chi connectivity index (χ3n) is 2.19. The molecule has 0 radical (unpaired) electrons. The monoisotopic (exact) mass is 278 g/mol. The summed E-state index contributed by atoms with van der Waals surface area (Å²) in [4.78, 5) is 14.8. The predicted octanol–water partition coefficient (Wildman–Crippen LogP) is 2.71. The summed E-state index contributed by atoms with van der Waals surface area (Å²) < 4.78 is 0.903. The van der Waals surface area contributed by atoms with E-state index in [1.165, 1.54) is 0 Å². The van der Waals surface area contributed by atoms with E-state index in [9.17, 15) is 4.79 Å². The number of halogens is 1. The van der Waals surface area contributed by atoms with E-state index in [0.717, 1.165) is 10.2 Å². The Hall–Kier alpha value is -1.55. The van der Waals surface area contributed by atoms with Gasteiger partial charge in [0.2, 0.25) is 0 Å². The van der Waals surface area contributed by atoms with Crippen molar-refractivity contribution >= 4 is 21.8 Å². The number of carbonyl (C=O) groups is 1. The van der Waals surface area contributed by atoms with Gasteiger partial charge in [0.1, 0.15) is 0 Å². The largest absolute Gasteiger partial charge is 0.364 e. The maximum absolute atomic E-state index is 11.7. The van der Waals surface area contributed by atoms with Gasteiger partial charge < -0.3 is 10.3 Å². The van der Waals surface area contributed by atoms with Gasteiger partial charge in [-0.1, -0.05) is 22.0 Å². The fourth-order valence-corrected chi connectivity index (χ4v) is 1.78. The van der Waals surface area contributed by atoms with Gasteiger partial charge in [-0.2, -0.15) is 0 Å². The lowest BCUT2D eigenvalue weighted by Crippen LogP contribution is -2.22. The number of aromatic nitrogens is 1. The van der Waals surface area contributed by atoms with E-state index >= 15 is 0 Å². The van der Waals surface area contributed by atoms with Crippen LogP contribution in [-0.4, -0.2) is 10.9 Å². The van der Waals surface area contributed by atoms with Gasteiger partial charge in [-0.25, -0.2) is 0 Å². The minimum atomic E-state index is -0.0732. The number of amides is 1. The SMILES string of the molecule is O=C(NCc1ccc[nH]1)c1cccc(Br)c1. The van der Waals surface area contributed by atoms with Crippen molar-refractivity contribution in [2.75, 3.05) is 0 Å². The molecule has 16 heavy (non-hydrogen) atoms. The number of nitrogens with one attached hydrogen (secondary N) is 2. The second-order valence-corrected chi connectivity index (χ2v) is 4.30. The van der Waals surface area contributed by atoms with Crippen LogP contribution >= 0.6 is 15.9 Å². The van der Waals surface area contributed by atoms with Gasteiger partial charge in [-0.05, 0) is 30.3 Å². The van der Waals surface area contributed by atoms with Crippen LogP contribution in [0.3, 0.4) is 0 Å². The lowest BCUT2D eigenvalue weighted by atomic mass is 10.2. The molecule has 82 valence electrons. The molecule has 0 saturated heterocycles. The molecule has 0 aliphatic carbocycles. The molecule has 4 heteroatoms. The van der Waals surface area contributed by atoms with Gasteiger partial charge in [-0.3, -0.25) is 4.79 Å². The normalized spacial score (nSPS) is 10.1. The van der Waals surface area contributed by atoms with Crippen LogP contribution in [0.4, 0.5) is 0 Å². The molecule has 0 bridgehead atoms. The Morgan fingerprint density at radius 1 is 1.31 bits per heavy atom. The fraction of sp³-hybridized carbons (Fsp3) is 0.0833. The molecule has 0 aliphatic heterocycles. The van der Waals surface area contributed by atoms with Gasteiger partial charge in [-0.15, -0.1) is 0 Å². The molecule has 0 saturated carbocycles. The molecule has 2 aromatic rings. The van der Waals surface area contributed by atoms with Crippen molar-refractivity contribution in [3.63, 3.8) is 0 Å². The van der Waals surface area contributed by atoms with E-state index in [4.69, 9.17) is 0 Å². The van der Waals surface area contributed by atoms with E-state index in [1.54, 1.807) is 12.1 Å². The van der Waals surface area contributed by atoms with Crippen molar-refractivity contribution in [3.8, 4) is 0 Å². The van der Waals surface area contributed by atoms with Crippen LogP contribution in [0.15, 0.2) is 47.1 Å². The molecule has 0 aliphatic rings. The van der Waals surface area contributed by atoms with Crippen molar-refractivity contribution in [3.05, 3.63) is 58.3 Å². The summed E-state index contributed by atoms with van der Waals surface area (Å²) in [5.74, 6) is -0.0732. The highest BCUT2D eigenvalue weighted by atomic mass is 79.9. The number of carbonyl (C=O) groups excluding carboxylic acids is 1. The quantitative estimate of drug-likeness (QED) is 0.891. The average molecular weight is 279 g/mol. The zero-order valence-corrected chi connectivity index (χ0v) is 10.1. The predicted molar refractivity (Wildman–Crippen MR) is 66.1 cm³/mol. The summed E-state index contributed by atoms with van der Waals surface area (Å²) in [6.07, 6.45) is 1.83. The van der Waals surface area contributed by atoms with Crippen LogP contribution in [0.1, 0.15) is 16.1 Å². The third kappa shape index (κ3) is 2.73. The van der Waals surface area contributed by atoms with Crippen molar-refractivity contribution in [2.45, 2.75) is 6.54 Å². The highest BCUT2D eigenvalue weighted by Crippen LogP contribution is 2.11. The van der Waals surface area contributed by atoms with E-state index in [1.807, 2.05) is 30.5 Å². The molecule has 0 spiro atoms. The summed E-state index contributed by atoms with van der Waals surface area (Å²) in [6, 6.07) is 11.1. The van der Waals surface area contributed by atoms with Crippen LogP contribution < -0.4 is 5.32 Å². The molecule has 1 amide bonds. The maximum Gasteiger partial charge on any atom is 0.251 e. The maximum atomic E-state index is 11.7. The number of hydrogen-bond acceptors (Lipinski definition) is 1. The molecule has 0 fully saturated rings. The number of H-pyrrole nitrogens is 1. The van der Waals surface area contributed by atoms with E-state index < -0.39 is 0 Å². The zero-order valence-electron chi connectivity index (χ0n) is 8.53. The summed E-state index contributed by atoms with van der Waals surface area (Å²) in [6.45, 7) is 0.512. The third-order valence-corrected chi connectivity index (χ3v) is 2.68. The molecule has 1 aromatic heterocycles. The van der Waals surface area contributed by atoms with E-state index in [-0.39, 0.29) is 5.91 Å². The standard InChI is InChI=1S/C12H11BrN2O/c13-10-4-1-3-9(7-10)12(16)15-8-11-5-2-6-14-11/h1-7,14H,8H2,(H,15,16). The van der Waals surface area contributed by atoms with Gasteiger partial charge in [0.15, 0.2) is 0 Å².